The van der Waals surface area contributed by atoms with Gasteiger partial charge < -0.3 is 4.74 Å². The molecule has 0 bridgehead atoms. The van der Waals surface area contributed by atoms with E-state index in [2.05, 4.69) is 9.72 Å². The number of halogens is 3. The molecule has 0 aliphatic carbocycles. The Morgan fingerprint density at radius 1 is 1.67 bits per heavy atom. The summed E-state index contributed by atoms with van der Waals surface area (Å²) in [6, 6.07) is 0. The van der Waals surface area contributed by atoms with Crippen LogP contribution in [0.15, 0.2) is 6.20 Å². The first-order valence-corrected chi connectivity index (χ1v) is 4.92. The Morgan fingerprint density at radius 3 is 2.72 bits per heavy atom. The molecule has 1 aromatic heterocycles. The predicted molar refractivity (Wildman–Crippen MR) is 56.6 cm³/mol. The Bertz CT molecular complexity index is 496. The largest absolute Gasteiger partial charge is 0.469 e. The van der Waals surface area contributed by atoms with Crippen LogP contribution >= 0.6 is 11.6 Å². The van der Waals surface area contributed by atoms with Gasteiger partial charge in [-0.15, -0.1) is 0 Å². The number of alkyl halides is 2. The van der Waals surface area contributed by atoms with Crippen LogP contribution in [0.1, 0.15) is 17.7 Å². The van der Waals surface area contributed by atoms with Crippen molar-refractivity contribution in [2.75, 3.05) is 7.11 Å². The van der Waals surface area contributed by atoms with Gasteiger partial charge in [0.1, 0.15) is 10.7 Å². The normalized spacial score (nSPS) is 10.5. The number of aromatic nitrogens is 1. The molecule has 0 aliphatic heterocycles. The van der Waals surface area contributed by atoms with Crippen LogP contribution in [0.3, 0.4) is 0 Å². The molecule has 9 heteroatoms. The second-order valence-corrected chi connectivity index (χ2v) is 3.54. The Kier molecular flexibility index (Phi) is 4.49. The summed E-state index contributed by atoms with van der Waals surface area (Å²) in [5, 5.41) is 10.4. The number of carbonyl (C=O) groups excluding carboxylic acids is 1. The molecule has 98 valence electrons. The molecule has 1 heterocycles. The zero-order chi connectivity index (χ0) is 13.9. The summed E-state index contributed by atoms with van der Waals surface area (Å²) in [6.07, 6.45) is -3.00. The van der Waals surface area contributed by atoms with E-state index >= 15 is 0 Å². The fraction of sp³-hybridized carbons (Fsp3) is 0.333. The lowest BCUT2D eigenvalue weighted by molar-refractivity contribution is -0.385. The molecule has 0 atom stereocenters. The number of rotatable bonds is 4. The molecule has 1 aromatic rings. The second-order valence-electron chi connectivity index (χ2n) is 3.13. The van der Waals surface area contributed by atoms with Crippen LogP contribution < -0.4 is 0 Å². The van der Waals surface area contributed by atoms with E-state index in [1.54, 1.807) is 0 Å². The lowest BCUT2D eigenvalue weighted by Crippen LogP contribution is -2.11. The van der Waals surface area contributed by atoms with Crippen molar-refractivity contribution in [2.45, 2.75) is 12.8 Å². The first kappa shape index (κ1) is 14.2. The molecule has 1 rings (SSSR count). The van der Waals surface area contributed by atoms with Crippen LogP contribution in [0, 0.1) is 10.1 Å². The number of nitro groups is 1. The van der Waals surface area contributed by atoms with Gasteiger partial charge in [-0.1, -0.05) is 11.6 Å². The van der Waals surface area contributed by atoms with Crippen molar-refractivity contribution in [3.63, 3.8) is 0 Å². The number of hydrogen-bond donors (Lipinski definition) is 0. The molecule has 0 radical (unpaired) electrons. The number of hydrogen-bond acceptors (Lipinski definition) is 5. The Labute approximate surface area is 105 Å². The summed E-state index contributed by atoms with van der Waals surface area (Å²) in [7, 11) is 1.04. The second kappa shape index (κ2) is 5.67. The number of ether oxygens (including phenoxy) is 1. The zero-order valence-electron chi connectivity index (χ0n) is 9.02. The average Bonchev–Trinajstić information content (AvgIpc) is 2.27. The van der Waals surface area contributed by atoms with Crippen LogP contribution in [0.5, 0.6) is 0 Å². The molecule has 6 nitrogen and oxygen atoms in total. The van der Waals surface area contributed by atoms with Gasteiger partial charge in [0.2, 0.25) is 0 Å². The highest BCUT2D eigenvalue weighted by Gasteiger charge is 2.29. The average molecular weight is 281 g/mol. The van der Waals surface area contributed by atoms with Crippen molar-refractivity contribution in [1.82, 2.24) is 4.98 Å². The van der Waals surface area contributed by atoms with Gasteiger partial charge in [0.25, 0.3) is 12.1 Å². The van der Waals surface area contributed by atoms with Crippen LogP contribution in [0.2, 0.25) is 5.02 Å². The van der Waals surface area contributed by atoms with Gasteiger partial charge >= 0.3 is 5.97 Å². The first-order valence-electron chi connectivity index (χ1n) is 4.55. The predicted octanol–water partition coefficient (Wildman–Crippen LogP) is 2.30. The third kappa shape index (κ3) is 2.89. The summed E-state index contributed by atoms with van der Waals surface area (Å²) in [5.74, 6) is -0.899. The molecule has 0 aliphatic rings. The number of nitrogens with zero attached hydrogens (tertiary/aromatic N) is 2. The summed E-state index contributed by atoms with van der Waals surface area (Å²) in [6.45, 7) is 0. The fourth-order valence-corrected chi connectivity index (χ4v) is 1.54. The summed E-state index contributed by atoms with van der Waals surface area (Å²) in [4.78, 5) is 24.2. The van der Waals surface area contributed by atoms with E-state index in [0.29, 0.717) is 0 Å². The molecular weight excluding hydrogens is 274 g/mol. The third-order valence-corrected chi connectivity index (χ3v) is 2.35. The summed E-state index contributed by atoms with van der Waals surface area (Å²) >= 11 is 5.53. The van der Waals surface area contributed by atoms with Crippen molar-refractivity contribution in [2.24, 2.45) is 0 Å². The maximum absolute atomic E-state index is 12.7. The Morgan fingerprint density at radius 2 is 2.28 bits per heavy atom. The fourth-order valence-electron chi connectivity index (χ4n) is 1.31. The van der Waals surface area contributed by atoms with Crippen molar-refractivity contribution in [1.29, 1.82) is 0 Å². The third-order valence-electron chi connectivity index (χ3n) is 2.08. The van der Waals surface area contributed by atoms with Crippen LogP contribution in [-0.2, 0) is 16.0 Å². The number of esters is 1. The van der Waals surface area contributed by atoms with Crippen LogP contribution in [0.4, 0.5) is 14.5 Å². The van der Waals surface area contributed by atoms with Crippen LogP contribution in [-0.4, -0.2) is 23.0 Å². The molecule has 0 unspecified atom stereocenters. The lowest BCUT2D eigenvalue weighted by atomic mass is 10.1. The standard InChI is InChI=1S/C9H7ClF2N2O4/c1-18-6(15)2-4-7(9(11)12)13-3-5(10)8(4)14(16)17/h3,9H,2H2,1H3. The number of pyridine rings is 1. The minimum absolute atomic E-state index is 0.414. The van der Waals surface area contributed by atoms with Crippen molar-refractivity contribution in [3.05, 3.63) is 32.6 Å². The van der Waals surface area contributed by atoms with E-state index in [0.717, 1.165) is 13.3 Å². The summed E-state index contributed by atoms with van der Waals surface area (Å²) in [5.41, 5.74) is -2.14. The molecule has 18 heavy (non-hydrogen) atoms. The minimum atomic E-state index is -3.05. The van der Waals surface area contributed by atoms with Gasteiger partial charge in [-0.2, -0.15) is 0 Å². The highest BCUT2D eigenvalue weighted by atomic mass is 35.5. The highest BCUT2D eigenvalue weighted by molar-refractivity contribution is 6.32. The number of carbonyl (C=O) groups is 1. The van der Waals surface area contributed by atoms with Gasteiger partial charge in [-0.25, -0.2) is 8.78 Å². The Hall–Kier alpha value is -1.83. The van der Waals surface area contributed by atoms with E-state index in [1.807, 2.05) is 0 Å². The summed E-state index contributed by atoms with van der Waals surface area (Å²) < 4.78 is 29.6. The molecular formula is C9H7ClF2N2O4. The number of methoxy groups -OCH3 is 1. The Balaban J connectivity index is 3.43. The first-order chi connectivity index (χ1) is 8.38. The van der Waals surface area contributed by atoms with E-state index in [4.69, 9.17) is 11.6 Å². The molecule has 0 fully saturated rings. The van der Waals surface area contributed by atoms with Gasteiger partial charge in [-0.3, -0.25) is 19.9 Å². The van der Waals surface area contributed by atoms with E-state index in [-0.39, 0.29) is 0 Å². The molecule has 0 N–H and O–H groups in total. The van der Waals surface area contributed by atoms with Crippen molar-refractivity contribution >= 4 is 23.3 Å². The minimum Gasteiger partial charge on any atom is -0.469 e. The quantitative estimate of drug-likeness (QED) is 0.480. The SMILES string of the molecule is COC(=O)Cc1c(C(F)F)ncc(Cl)c1[N+](=O)[O-]. The van der Waals surface area contributed by atoms with Gasteiger partial charge in [0.05, 0.1) is 30.2 Å². The molecule has 0 spiro atoms. The van der Waals surface area contributed by atoms with Crippen molar-refractivity contribution in [3.8, 4) is 0 Å². The molecule has 0 aromatic carbocycles. The van der Waals surface area contributed by atoms with Gasteiger partial charge in [0, 0.05) is 0 Å². The van der Waals surface area contributed by atoms with E-state index < -0.39 is 45.7 Å². The topological polar surface area (TPSA) is 82.3 Å². The molecule has 0 saturated carbocycles. The van der Waals surface area contributed by atoms with Gasteiger partial charge in [-0.05, 0) is 0 Å². The van der Waals surface area contributed by atoms with E-state index in [9.17, 15) is 23.7 Å². The van der Waals surface area contributed by atoms with Crippen molar-refractivity contribution < 1.29 is 23.2 Å². The monoisotopic (exact) mass is 280 g/mol. The maximum Gasteiger partial charge on any atom is 0.310 e. The lowest BCUT2D eigenvalue weighted by Gasteiger charge is -2.08. The van der Waals surface area contributed by atoms with E-state index in [1.165, 1.54) is 0 Å². The van der Waals surface area contributed by atoms with Crippen LogP contribution in [0.25, 0.3) is 0 Å². The smallest absolute Gasteiger partial charge is 0.310 e. The highest BCUT2D eigenvalue weighted by Crippen LogP contribution is 2.34. The molecule has 0 amide bonds. The van der Waals surface area contributed by atoms with Gasteiger partial charge in [0.15, 0.2) is 0 Å². The molecule has 0 saturated heterocycles. The zero-order valence-corrected chi connectivity index (χ0v) is 9.78. The maximum atomic E-state index is 12.7.